The molecule has 27 heavy (non-hydrogen) atoms. The zero-order valence-electron chi connectivity index (χ0n) is 14.7. The van der Waals surface area contributed by atoms with Crippen LogP contribution < -0.4 is 0 Å². The van der Waals surface area contributed by atoms with Crippen molar-refractivity contribution in [2.45, 2.75) is 26.4 Å². The number of aryl methyl sites for hydroxylation is 1. The minimum atomic E-state index is -0.253. The van der Waals surface area contributed by atoms with Gasteiger partial charge in [0.2, 0.25) is 0 Å². The second-order valence-electron chi connectivity index (χ2n) is 6.34. The van der Waals surface area contributed by atoms with Crippen molar-refractivity contribution in [3.8, 4) is 10.8 Å². The third kappa shape index (κ3) is 2.52. The van der Waals surface area contributed by atoms with Crippen molar-refractivity contribution in [1.82, 2.24) is 34.0 Å². The van der Waals surface area contributed by atoms with Crippen molar-refractivity contribution >= 4 is 28.5 Å². The van der Waals surface area contributed by atoms with Gasteiger partial charge in [-0.15, -0.1) is 10.2 Å². The molecule has 10 heteroatoms. The summed E-state index contributed by atoms with van der Waals surface area (Å²) in [5, 5.41) is 9.31. The fraction of sp³-hybridized carbons (Fsp3) is 0.294. The molecule has 0 N–H and O–H groups in total. The number of hydrogen-bond acceptors (Lipinski definition) is 8. The molecule has 0 fully saturated rings. The number of carbonyl (C=O) groups is 1. The smallest absolute Gasteiger partial charge is 0.310 e. The van der Waals surface area contributed by atoms with Crippen LogP contribution in [-0.4, -0.2) is 46.5 Å². The minimum absolute atomic E-state index is 0.0935. The summed E-state index contributed by atoms with van der Waals surface area (Å²) in [5.41, 5.74) is 1.27. The molecule has 0 spiro atoms. The van der Waals surface area contributed by atoms with Gasteiger partial charge in [0, 0.05) is 13.1 Å². The Morgan fingerprint density at radius 2 is 2.07 bits per heavy atom. The van der Waals surface area contributed by atoms with Gasteiger partial charge in [-0.2, -0.15) is 4.37 Å². The highest BCUT2D eigenvalue weighted by Crippen LogP contribution is 2.30. The Morgan fingerprint density at radius 1 is 1.22 bits per heavy atom. The molecule has 0 saturated carbocycles. The van der Waals surface area contributed by atoms with Crippen LogP contribution in [-0.2, 0) is 6.54 Å². The summed E-state index contributed by atoms with van der Waals surface area (Å²) >= 11 is 1.30. The maximum atomic E-state index is 13.0. The monoisotopic (exact) mass is 381 g/mol. The van der Waals surface area contributed by atoms with E-state index in [1.165, 1.54) is 11.5 Å². The van der Waals surface area contributed by atoms with E-state index in [0.717, 1.165) is 5.01 Å². The molecule has 136 valence electrons. The first-order valence-electron chi connectivity index (χ1n) is 8.52. The molecule has 4 aromatic rings. The van der Waals surface area contributed by atoms with E-state index < -0.39 is 0 Å². The van der Waals surface area contributed by atoms with Crippen molar-refractivity contribution < 1.29 is 9.21 Å². The summed E-state index contributed by atoms with van der Waals surface area (Å²) in [4.78, 5) is 23.4. The lowest BCUT2D eigenvalue weighted by atomic mass is 10.2. The van der Waals surface area contributed by atoms with Gasteiger partial charge in [0.25, 0.3) is 5.89 Å². The second kappa shape index (κ2) is 5.95. The van der Waals surface area contributed by atoms with E-state index in [0.29, 0.717) is 41.7 Å². The third-order valence-electron chi connectivity index (χ3n) is 4.64. The van der Waals surface area contributed by atoms with Gasteiger partial charge in [-0.25, -0.2) is 9.97 Å². The SMILES string of the molecule is Cc1nsc(-c2nnc3n2CCN(C(=O)c2nc4ccccc4o2)[C@@H]3C)n1. The Labute approximate surface area is 157 Å². The van der Waals surface area contributed by atoms with Gasteiger partial charge >= 0.3 is 5.91 Å². The van der Waals surface area contributed by atoms with Crippen molar-refractivity contribution in [2.75, 3.05) is 6.54 Å². The molecule has 1 amide bonds. The number of amides is 1. The van der Waals surface area contributed by atoms with Crippen molar-refractivity contribution in [3.63, 3.8) is 0 Å². The first-order valence-corrected chi connectivity index (χ1v) is 9.29. The maximum absolute atomic E-state index is 13.0. The Hall–Kier alpha value is -3.14. The first kappa shape index (κ1) is 16.1. The van der Waals surface area contributed by atoms with Crippen LogP contribution in [0.2, 0.25) is 0 Å². The third-order valence-corrected chi connectivity index (χ3v) is 5.44. The number of nitrogens with zero attached hydrogens (tertiary/aromatic N) is 7. The summed E-state index contributed by atoms with van der Waals surface area (Å²) in [6, 6.07) is 7.08. The molecule has 3 aromatic heterocycles. The summed E-state index contributed by atoms with van der Waals surface area (Å²) in [6.07, 6.45) is 0. The van der Waals surface area contributed by atoms with Crippen LogP contribution in [0.5, 0.6) is 0 Å². The number of benzene rings is 1. The Morgan fingerprint density at radius 3 is 2.85 bits per heavy atom. The van der Waals surface area contributed by atoms with Crippen molar-refractivity contribution in [1.29, 1.82) is 0 Å². The lowest BCUT2D eigenvalue weighted by molar-refractivity contribution is 0.0600. The molecule has 0 unspecified atom stereocenters. The molecule has 1 aliphatic rings. The Bertz CT molecular complexity index is 1130. The Kier molecular flexibility index (Phi) is 3.54. The molecule has 5 rings (SSSR count). The molecule has 4 heterocycles. The van der Waals surface area contributed by atoms with Crippen LogP contribution in [0.15, 0.2) is 28.7 Å². The topological polar surface area (TPSA) is 103 Å². The minimum Gasteiger partial charge on any atom is -0.432 e. The highest BCUT2D eigenvalue weighted by molar-refractivity contribution is 7.09. The van der Waals surface area contributed by atoms with Gasteiger partial charge in [-0.1, -0.05) is 12.1 Å². The largest absolute Gasteiger partial charge is 0.432 e. The molecule has 0 radical (unpaired) electrons. The zero-order valence-corrected chi connectivity index (χ0v) is 15.5. The fourth-order valence-electron chi connectivity index (χ4n) is 3.30. The van der Waals surface area contributed by atoms with E-state index in [2.05, 4.69) is 24.5 Å². The van der Waals surface area contributed by atoms with Crippen LogP contribution in [0.3, 0.4) is 0 Å². The van der Waals surface area contributed by atoms with Gasteiger partial charge in [-0.05, 0) is 37.5 Å². The van der Waals surface area contributed by atoms with E-state index in [4.69, 9.17) is 4.42 Å². The van der Waals surface area contributed by atoms with Gasteiger partial charge in [0.15, 0.2) is 22.2 Å². The van der Waals surface area contributed by atoms with Gasteiger partial charge in [0.1, 0.15) is 11.3 Å². The standard InChI is InChI=1S/C17H15N7O2S/c1-9-13-20-21-14(16-18-10(2)22-27-16)24(13)8-7-23(9)17(25)15-19-11-5-3-4-6-12(11)26-15/h3-6,9H,7-8H2,1-2H3/t9-/m1/s1. The molecule has 9 nitrogen and oxygen atoms in total. The lowest BCUT2D eigenvalue weighted by Crippen LogP contribution is -2.41. The molecule has 0 saturated heterocycles. The molecular weight excluding hydrogens is 366 g/mol. The summed E-state index contributed by atoms with van der Waals surface area (Å²) < 4.78 is 11.8. The molecule has 1 atom stereocenters. The van der Waals surface area contributed by atoms with Gasteiger partial charge < -0.3 is 13.9 Å². The summed E-state index contributed by atoms with van der Waals surface area (Å²) in [7, 11) is 0. The number of rotatable bonds is 2. The summed E-state index contributed by atoms with van der Waals surface area (Å²) in [6.45, 7) is 4.85. The first-order chi connectivity index (χ1) is 13.1. The van der Waals surface area contributed by atoms with Crippen molar-refractivity contribution in [3.05, 3.63) is 41.8 Å². The lowest BCUT2D eigenvalue weighted by Gasteiger charge is -2.32. The highest BCUT2D eigenvalue weighted by atomic mass is 32.1. The molecular formula is C17H15N7O2S. The van der Waals surface area contributed by atoms with E-state index >= 15 is 0 Å². The number of fused-ring (bicyclic) bond motifs is 2. The number of para-hydroxylation sites is 2. The van der Waals surface area contributed by atoms with Crippen LogP contribution in [0.25, 0.3) is 21.9 Å². The number of hydrogen-bond donors (Lipinski definition) is 0. The predicted molar refractivity (Wildman–Crippen MR) is 97.1 cm³/mol. The predicted octanol–water partition coefficient (Wildman–Crippen LogP) is 2.46. The van der Waals surface area contributed by atoms with E-state index in [-0.39, 0.29) is 17.8 Å². The van der Waals surface area contributed by atoms with Crippen LogP contribution in [0, 0.1) is 6.92 Å². The molecule has 0 bridgehead atoms. The second-order valence-corrected chi connectivity index (χ2v) is 7.09. The van der Waals surface area contributed by atoms with Crippen LogP contribution in [0.4, 0.5) is 0 Å². The maximum Gasteiger partial charge on any atom is 0.310 e. The quantitative estimate of drug-likeness (QED) is 0.525. The molecule has 0 aliphatic carbocycles. The van der Waals surface area contributed by atoms with E-state index in [1.54, 1.807) is 11.0 Å². The Balaban J connectivity index is 1.47. The normalized spacial score (nSPS) is 16.7. The van der Waals surface area contributed by atoms with Crippen LogP contribution >= 0.6 is 11.5 Å². The highest BCUT2D eigenvalue weighted by Gasteiger charge is 2.34. The number of oxazole rings is 1. The number of carbonyl (C=O) groups excluding carboxylic acids is 1. The van der Waals surface area contributed by atoms with Crippen molar-refractivity contribution in [2.24, 2.45) is 0 Å². The van der Waals surface area contributed by atoms with E-state index in [1.807, 2.05) is 36.6 Å². The molecule has 1 aliphatic heterocycles. The average molecular weight is 381 g/mol. The fourth-order valence-corrected chi connectivity index (χ4v) is 3.96. The van der Waals surface area contributed by atoms with E-state index in [9.17, 15) is 4.79 Å². The average Bonchev–Trinajstić information content (AvgIpc) is 3.38. The van der Waals surface area contributed by atoms with Gasteiger partial charge in [0.05, 0.1) is 6.04 Å². The van der Waals surface area contributed by atoms with Crippen LogP contribution in [0.1, 0.15) is 35.3 Å². The number of aromatic nitrogens is 6. The van der Waals surface area contributed by atoms with Gasteiger partial charge in [-0.3, -0.25) is 4.79 Å². The zero-order chi connectivity index (χ0) is 18.5. The summed E-state index contributed by atoms with van der Waals surface area (Å²) in [5.74, 6) is 1.96. The molecule has 1 aromatic carbocycles.